The number of thioether (sulfide) groups is 1. The molecule has 5 nitrogen and oxygen atoms in total. The SMILES string of the molecule is C.CSCCC(N)=Nc1cn(-c2cccnc2)nc1Cl. The first-order valence-electron chi connectivity index (χ1n) is 5.68. The highest BCUT2D eigenvalue weighted by atomic mass is 35.5. The van der Waals surface area contributed by atoms with Crippen LogP contribution in [0.4, 0.5) is 5.69 Å². The molecule has 0 bridgehead atoms. The van der Waals surface area contributed by atoms with Crippen LogP contribution < -0.4 is 5.73 Å². The molecule has 0 saturated heterocycles. The van der Waals surface area contributed by atoms with E-state index in [0.29, 0.717) is 16.7 Å². The molecule has 7 heteroatoms. The molecule has 2 N–H and O–H groups in total. The van der Waals surface area contributed by atoms with Gasteiger partial charge >= 0.3 is 0 Å². The van der Waals surface area contributed by atoms with E-state index < -0.39 is 0 Å². The molecule has 2 aromatic heterocycles. The van der Waals surface area contributed by atoms with E-state index >= 15 is 0 Å². The highest BCUT2D eigenvalue weighted by Crippen LogP contribution is 2.24. The van der Waals surface area contributed by atoms with E-state index in [-0.39, 0.29) is 7.43 Å². The maximum Gasteiger partial charge on any atom is 0.177 e. The molecule has 0 fully saturated rings. The number of halogens is 1. The lowest BCUT2D eigenvalue weighted by atomic mass is 10.4. The number of hydrogen-bond donors (Lipinski definition) is 1. The fourth-order valence-electron chi connectivity index (χ4n) is 1.46. The van der Waals surface area contributed by atoms with Gasteiger partial charge in [-0.15, -0.1) is 0 Å². The van der Waals surface area contributed by atoms with Gasteiger partial charge in [0.1, 0.15) is 11.5 Å². The Morgan fingerprint density at radius 2 is 2.35 bits per heavy atom. The molecule has 20 heavy (non-hydrogen) atoms. The Labute approximate surface area is 128 Å². The van der Waals surface area contributed by atoms with Crippen LogP contribution in [0, 0.1) is 0 Å². The zero-order valence-electron chi connectivity index (χ0n) is 10.5. The zero-order chi connectivity index (χ0) is 13.7. The van der Waals surface area contributed by atoms with Gasteiger partial charge in [-0.25, -0.2) is 9.67 Å². The standard InChI is InChI=1S/C12H14ClN5S.CH4/c1-19-6-4-11(14)16-10-8-18(17-12(10)13)9-3-2-5-15-7-9;/h2-3,5,7-8H,4,6H2,1H3,(H2,14,16);1H4. The molecular formula is C13H18ClN5S. The second-order valence-electron chi connectivity index (χ2n) is 3.81. The van der Waals surface area contributed by atoms with E-state index in [1.165, 1.54) is 0 Å². The highest BCUT2D eigenvalue weighted by molar-refractivity contribution is 7.98. The molecule has 0 spiro atoms. The molecular weight excluding hydrogens is 294 g/mol. The molecule has 2 rings (SSSR count). The van der Waals surface area contributed by atoms with Gasteiger partial charge < -0.3 is 5.73 Å². The number of rotatable bonds is 5. The van der Waals surface area contributed by atoms with E-state index in [9.17, 15) is 0 Å². The molecule has 0 atom stereocenters. The van der Waals surface area contributed by atoms with Crippen LogP contribution in [0.5, 0.6) is 0 Å². The summed E-state index contributed by atoms with van der Waals surface area (Å²) in [5.41, 5.74) is 7.24. The van der Waals surface area contributed by atoms with Crippen molar-refractivity contribution in [1.82, 2.24) is 14.8 Å². The summed E-state index contributed by atoms with van der Waals surface area (Å²) in [6, 6.07) is 3.72. The molecule has 0 aliphatic heterocycles. The second-order valence-corrected chi connectivity index (χ2v) is 5.15. The summed E-state index contributed by atoms with van der Waals surface area (Å²) in [6.07, 6.45) is 7.91. The van der Waals surface area contributed by atoms with Gasteiger partial charge in [0.05, 0.1) is 18.1 Å². The fourth-order valence-corrected chi connectivity index (χ4v) is 2.04. The van der Waals surface area contributed by atoms with Crippen LogP contribution in [0.3, 0.4) is 0 Å². The van der Waals surface area contributed by atoms with Crippen LogP contribution in [0.15, 0.2) is 35.7 Å². The van der Waals surface area contributed by atoms with Gasteiger partial charge in [0, 0.05) is 12.6 Å². The zero-order valence-corrected chi connectivity index (χ0v) is 12.0. The first kappa shape index (κ1) is 16.5. The van der Waals surface area contributed by atoms with Crippen LogP contribution >= 0.6 is 23.4 Å². The van der Waals surface area contributed by atoms with E-state index in [2.05, 4.69) is 15.1 Å². The summed E-state index contributed by atoms with van der Waals surface area (Å²) in [5.74, 6) is 1.49. The highest BCUT2D eigenvalue weighted by Gasteiger charge is 2.07. The molecule has 0 aliphatic rings. The third-order valence-corrected chi connectivity index (χ3v) is 3.27. The predicted octanol–water partition coefficient (Wildman–Crippen LogP) is 3.30. The average molecular weight is 312 g/mol. The molecule has 2 heterocycles. The average Bonchev–Trinajstić information content (AvgIpc) is 2.79. The van der Waals surface area contributed by atoms with Crippen LogP contribution in [-0.4, -0.2) is 32.6 Å². The Bertz CT molecular complexity index is 567. The minimum Gasteiger partial charge on any atom is -0.387 e. The molecule has 0 saturated carbocycles. The van der Waals surface area contributed by atoms with Crippen molar-refractivity contribution >= 4 is 34.9 Å². The molecule has 0 radical (unpaired) electrons. The Morgan fingerprint density at radius 3 is 3.00 bits per heavy atom. The van der Waals surface area contributed by atoms with Crippen LogP contribution in [-0.2, 0) is 0 Å². The van der Waals surface area contributed by atoms with Crippen molar-refractivity contribution in [1.29, 1.82) is 0 Å². The van der Waals surface area contributed by atoms with Crippen molar-refractivity contribution in [3.63, 3.8) is 0 Å². The van der Waals surface area contributed by atoms with Crippen LogP contribution in [0.2, 0.25) is 5.15 Å². The van der Waals surface area contributed by atoms with Crippen molar-refractivity contribution in [2.24, 2.45) is 10.7 Å². The van der Waals surface area contributed by atoms with Gasteiger partial charge in [-0.2, -0.15) is 16.9 Å². The Balaban J connectivity index is 0.00000200. The second kappa shape index (κ2) is 7.91. The number of aliphatic imine (C=N–C) groups is 1. The van der Waals surface area contributed by atoms with Crippen molar-refractivity contribution in [2.45, 2.75) is 13.8 Å². The maximum atomic E-state index is 6.05. The van der Waals surface area contributed by atoms with Crippen molar-refractivity contribution < 1.29 is 0 Å². The van der Waals surface area contributed by atoms with Gasteiger partial charge in [-0.3, -0.25) is 4.98 Å². The number of nitrogens with two attached hydrogens (primary N) is 1. The van der Waals surface area contributed by atoms with E-state index in [1.54, 1.807) is 35.0 Å². The third-order valence-electron chi connectivity index (χ3n) is 2.39. The Kier molecular flexibility index (Phi) is 6.54. The maximum absolute atomic E-state index is 6.05. The first-order chi connectivity index (χ1) is 9.20. The van der Waals surface area contributed by atoms with E-state index in [4.69, 9.17) is 17.3 Å². The normalized spacial score (nSPS) is 11.2. The van der Waals surface area contributed by atoms with Crippen LogP contribution in [0.1, 0.15) is 13.8 Å². The Morgan fingerprint density at radius 1 is 1.55 bits per heavy atom. The van der Waals surface area contributed by atoms with Gasteiger partial charge in [0.2, 0.25) is 0 Å². The molecule has 0 aliphatic carbocycles. The first-order valence-corrected chi connectivity index (χ1v) is 7.45. The van der Waals surface area contributed by atoms with Gasteiger partial charge in [0.25, 0.3) is 0 Å². The molecule has 0 aromatic carbocycles. The lowest BCUT2D eigenvalue weighted by Crippen LogP contribution is -2.11. The largest absolute Gasteiger partial charge is 0.387 e. The van der Waals surface area contributed by atoms with E-state index in [1.807, 2.05) is 18.4 Å². The van der Waals surface area contributed by atoms with Crippen LogP contribution in [0.25, 0.3) is 5.69 Å². The summed E-state index contributed by atoms with van der Waals surface area (Å²) in [7, 11) is 0. The quantitative estimate of drug-likeness (QED) is 0.679. The predicted molar refractivity (Wildman–Crippen MR) is 87.4 cm³/mol. The summed E-state index contributed by atoms with van der Waals surface area (Å²) in [5, 5.41) is 4.52. The van der Waals surface area contributed by atoms with Crippen molar-refractivity contribution in [3.05, 3.63) is 35.9 Å². The molecule has 0 amide bonds. The number of nitrogens with zero attached hydrogens (tertiary/aromatic N) is 4. The van der Waals surface area contributed by atoms with Crippen molar-refractivity contribution in [2.75, 3.05) is 12.0 Å². The molecule has 108 valence electrons. The van der Waals surface area contributed by atoms with Gasteiger partial charge in [-0.05, 0) is 24.1 Å². The number of amidine groups is 1. The third kappa shape index (κ3) is 4.25. The van der Waals surface area contributed by atoms with Gasteiger partial charge in [0.15, 0.2) is 5.15 Å². The minimum absolute atomic E-state index is 0. The topological polar surface area (TPSA) is 69.1 Å². The summed E-state index contributed by atoms with van der Waals surface area (Å²) in [4.78, 5) is 8.32. The fraction of sp³-hybridized carbons (Fsp3) is 0.308. The van der Waals surface area contributed by atoms with Crippen molar-refractivity contribution in [3.8, 4) is 5.69 Å². The van der Waals surface area contributed by atoms with Gasteiger partial charge in [-0.1, -0.05) is 19.0 Å². The number of aromatic nitrogens is 3. The smallest absolute Gasteiger partial charge is 0.177 e. The molecule has 0 unspecified atom stereocenters. The number of hydrogen-bond acceptors (Lipinski definition) is 4. The summed E-state index contributed by atoms with van der Waals surface area (Å²) in [6.45, 7) is 0. The summed E-state index contributed by atoms with van der Waals surface area (Å²) < 4.78 is 1.63. The molecule has 2 aromatic rings. The monoisotopic (exact) mass is 311 g/mol. The lowest BCUT2D eigenvalue weighted by Gasteiger charge is -1.98. The van der Waals surface area contributed by atoms with E-state index in [0.717, 1.165) is 17.9 Å². The lowest BCUT2D eigenvalue weighted by molar-refractivity contribution is 0.874. The summed E-state index contributed by atoms with van der Waals surface area (Å²) >= 11 is 7.78. The Hall–Kier alpha value is -1.53. The number of pyridine rings is 1. The minimum atomic E-state index is 0.